The predicted molar refractivity (Wildman–Crippen MR) is 108 cm³/mol. The van der Waals surface area contributed by atoms with Crippen molar-refractivity contribution in [1.82, 2.24) is 15.1 Å². The first-order valence-corrected chi connectivity index (χ1v) is 10.7. The van der Waals surface area contributed by atoms with Crippen LogP contribution in [0.3, 0.4) is 0 Å². The van der Waals surface area contributed by atoms with Crippen LogP contribution >= 0.6 is 0 Å². The van der Waals surface area contributed by atoms with Crippen LogP contribution in [-0.2, 0) is 9.59 Å². The molecule has 2 aliphatic rings. The van der Waals surface area contributed by atoms with Crippen LogP contribution in [0.25, 0.3) is 0 Å². The van der Waals surface area contributed by atoms with Gasteiger partial charge in [0.05, 0.1) is 5.92 Å². The lowest BCUT2D eigenvalue weighted by atomic mass is 9.95. The number of benzene rings is 1. The first-order valence-electron chi connectivity index (χ1n) is 10.7. The Labute approximate surface area is 175 Å². The molecule has 1 saturated heterocycles. The fourth-order valence-electron chi connectivity index (χ4n) is 4.34. The van der Waals surface area contributed by atoms with Gasteiger partial charge in [0.15, 0.2) is 0 Å². The third kappa shape index (κ3) is 6.20. The summed E-state index contributed by atoms with van der Waals surface area (Å²) in [4.78, 5) is 28.7. The van der Waals surface area contributed by atoms with E-state index in [0.29, 0.717) is 26.2 Å². The van der Waals surface area contributed by atoms with E-state index in [0.717, 1.165) is 38.8 Å². The Morgan fingerprint density at radius 2 is 1.67 bits per heavy atom. The second-order valence-electron chi connectivity index (χ2n) is 8.21. The maximum Gasteiger partial charge on any atom is 0.396 e. The highest BCUT2D eigenvalue weighted by atomic mass is 19.4. The zero-order valence-electron chi connectivity index (χ0n) is 17.2. The summed E-state index contributed by atoms with van der Waals surface area (Å²) in [7, 11) is 0. The molecule has 3 rings (SSSR count). The van der Waals surface area contributed by atoms with E-state index in [9.17, 15) is 22.8 Å². The maximum absolute atomic E-state index is 13.4. The molecule has 0 aromatic heterocycles. The van der Waals surface area contributed by atoms with Gasteiger partial charge < -0.3 is 10.2 Å². The third-order valence-electron chi connectivity index (χ3n) is 6.13. The molecule has 1 atom stereocenters. The molecule has 1 N–H and O–H groups in total. The van der Waals surface area contributed by atoms with Crippen LogP contribution < -0.4 is 5.32 Å². The molecule has 1 unspecified atom stereocenters. The second-order valence-corrected chi connectivity index (χ2v) is 8.21. The van der Waals surface area contributed by atoms with Crippen LogP contribution in [0, 0.1) is 5.92 Å². The number of hydrogen-bond donors (Lipinski definition) is 1. The van der Waals surface area contributed by atoms with Crippen LogP contribution in [0.1, 0.15) is 43.6 Å². The number of rotatable bonds is 7. The largest absolute Gasteiger partial charge is 0.396 e. The van der Waals surface area contributed by atoms with Crippen molar-refractivity contribution in [3.05, 3.63) is 35.9 Å². The summed E-state index contributed by atoms with van der Waals surface area (Å²) < 4.78 is 40.1. The Hall–Kier alpha value is -2.09. The average molecular weight is 425 g/mol. The minimum Gasteiger partial charge on any atom is -0.355 e. The minimum absolute atomic E-state index is 0.100. The highest BCUT2D eigenvalue weighted by molar-refractivity contribution is 5.79. The highest BCUT2D eigenvalue weighted by Crippen LogP contribution is 2.37. The van der Waals surface area contributed by atoms with Gasteiger partial charge in [0.2, 0.25) is 11.8 Å². The first kappa shape index (κ1) is 22.6. The van der Waals surface area contributed by atoms with Crippen molar-refractivity contribution >= 4 is 11.8 Å². The van der Waals surface area contributed by atoms with Gasteiger partial charge in [-0.1, -0.05) is 43.2 Å². The molecule has 0 bridgehead atoms. The van der Waals surface area contributed by atoms with Crippen LogP contribution in [0.4, 0.5) is 13.2 Å². The van der Waals surface area contributed by atoms with E-state index in [1.165, 1.54) is 12.1 Å². The summed E-state index contributed by atoms with van der Waals surface area (Å²) in [6.07, 6.45) is -0.830. The molecule has 1 aromatic carbocycles. The molecule has 2 fully saturated rings. The number of piperazine rings is 1. The normalized spacial score (nSPS) is 19.6. The van der Waals surface area contributed by atoms with Crippen LogP contribution in [0.5, 0.6) is 0 Å². The number of alkyl halides is 3. The van der Waals surface area contributed by atoms with Crippen LogP contribution in [0.2, 0.25) is 0 Å². The predicted octanol–water partition coefficient (Wildman–Crippen LogP) is 3.17. The van der Waals surface area contributed by atoms with Gasteiger partial charge in [-0.15, -0.1) is 0 Å². The standard InChI is InChI=1S/C22H30F3N3O2/c23-22(24,25)19(17-6-2-1-3-7-17)16-20(29)26-10-11-27-12-14-28(15-13-27)21(30)18-8-4-5-9-18/h1-3,6-7,18-19H,4-5,8-16H2,(H,26,29). The van der Waals surface area contributed by atoms with E-state index in [1.807, 2.05) is 4.90 Å². The van der Waals surface area contributed by atoms with E-state index in [2.05, 4.69) is 10.2 Å². The summed E-state index contributed by atoms with van der Waals surface area (Å²) in [5, 5.41) is 2.62. The lowest BCUT2D eigenvalue weighted by molar-refractivity contribution is -0.157. The van der Waals surface area contributed by atoms with Crippen molar-refractivity contribution in [2.24, 2.45) is 5.92 Å². The maximum atomic E-state index is 13.4. The number of carbonyl (C=O) groups excluding carboxylic acids is 2. The Kier molecular flexibility index (Phi) is 7.75. The van der Waals surface area contributed by atoms with Gasteiger partial charge in [-0.05, 0) is 18.4 Å². The Bertz CT molecular complexity index is 697. The molecule has 166 valence electrons. The van der Waals surface area contributed by atoms with Crippen molar-refractivity contribution in [1.29, 1.82) is 0 Å². The fourth-order valence-corrected chi connectivity index (χ4v) is 4.34. The lowest BCUT2D eigenvalue weighted by Crippen LogP contribution is -2.51. The summed E-state index contributed by atoms with van der Waals surface area (Å²) in [5.74, 6) is -1.96. The number of halogens is 3. The van der Waals surface area contributed by atoms with Crippen molar-refractivity contribution in [3.8, 4) is 0 Å². The molecule has 5 nitrogen and oxygen atoms in total. The minimum atomic E-state index is -4.47. The van der Waals surface area contributed by atoms with Gasteiger partial charge in [-0.25, -0.2) is 0 Å². The molecule has 8 heteroatoms. The van der Waals surface area contributed by atoms with Gasteiger partial charge in [0.25, 0.3) is 0 Å². The van der Waals surface area contributed by atoms with E-state index in [-0.39, 0.29) is 17.4 Å². The molecule has 1 heterocycles. The summed E-state index contributed by atoms with van der Waals surface area (Å²) in [6.45, 7) is 3.67. The average Bonchev–Trinajstić information content (AvgIpc) is 3.27. The van der Waals surface area contributed by atoms with Crippen molar-refractivity contribution < 1.29 is 22.8 Å². The molecule has 1 aliphatic heterocycles. The fraction of sp³-hybridized carbons (Fsp3) is 0.636. The van der Waals surface area contributed by atoms with Gasteiger partial charge >= 0.3 is 6.18 Å². The zero-order chi connectivity index (χ0) is 21.6. The SMILES string of the molecule is O=C(CC(c1ccccc1)C(F)(F)F)NCCN1CCN(C(=O)C2CCCC2)CC1. The quantitative estimate of drug-likeness (QED) is 0.730. The highest BCUT2D eigenvalue weighted by Gasteiger charge is 2.41. The van der Waals surface area contributed by atoms with Crippen molar-refractivity contribution in [3.63, 3.8) is 0 Å². The lowest BCUT2D eigenvalue weighted by Gasteiger charge is -2.36. The first-order chi connectivity index (χ1) is 14.3. The van der Waals surface area contributed by atoms with Crippen molar-refractivity contribution in [2.75, 3.05) is 39.3 Å². The molecule has 2 amide bonds. The van der Waals surface area contributed by atoms with E-state index in [4.69, 9.17) is 0 Å². The van der Waals surface area contributed by atoms with Crippen LogP contribution in [-0.4, -0.2) is 67.1 Å². The number of nitrogens with zero attached hydrogens (tertiary/aromatic N) is 2. The van der Waals surface area contributed by atoms with E-state index < -0.39 is 24.4 Å². The number of hydrogen-bond acceptors (Lipinski definition) is 3. The van der Waals surface area contributed by atoms with Crippen molar-refractivity contribution in [2.45, 2.75) is 44.2 Å². The van der Waals surface area contributed by atoms with Gasteiger partial charge in [-0.2, -0.15) is 13.2 Å². The van der Waals surface area contributed by atoms with Crippen LogP contribution in [0.15, 0.2) is 30.3 Å². The number of amides is 2. The molecule has 30 heavy (non-hydrogen) atoms. The smallest absolute Gasteiger partial charge is 0.355 e. The van der Waals surface area contributed by atoms with Gasteiger partial charge in [0.1, 0.15) is 0 Å². The summed E-state index contributed by atoms with van der Waals surface area (Å²) in [5.41, 5.74) is 0.100. The van der Waals surface area contributed by atoms with Gasteiger partial charge in [-0.3, -0.25) is 14.5 Å². The number of carbonyl (C=O) groups is 2. The van der Waals surface area contributed by atoms with E-state index >= 15 is 0 Å². The molecule has 1 aliphatic carbocycles. The topological polar surface area (TPSA) is 52.7 Å². The molecule has 0 radical (unpaired) electrons. The third-order valence-corrected chi connectivity index (χ3v) is 6.13. The zero-order valence-corrected chi connectivity index (χ0v) is 17.2. The molecule has 1 saturated carbocycles. The molecule has 1 aromatic rings. The summed E-state index contributed by atoms with van der Waals surface area (Å²) >= 11 is 0. The van der Waals surface area contributed by atoms with Gasteiger partial charge in [0, 0.05) is 51.6 Å². The molecular weight excluding hydrogens is 395 g/mol. The van der Waals surface area contributed by atoms with E-state index in [1.54, 1.807) is 18.2 Å². The molecule has 0 spiro atoms. The Morgan fingerprint density at radius 1 is 1.03 bits per heavy atom. The molecular formula is C22H30F3N3O2. The monoisotopic (exact) mass is 425 g/mol. The Morgan fingerprint density at radius 3 is 2.27 bits per heavy atom. The Balaban J connectivity index is 1.39. The number of nitrogens with one attached hydrogen (secondary N) is 1. The second kappa shape index (κ2) is 10.3. The summed E-state index contributed by atoms with van der Waals surface area (Å²) in [6, 6.07) is 7.54.